The number of hydrogen-bond acceptors (Lipinski definition) is 4. The lowest BCUT2D eigenvalue weighted by Crippen LogP contribution is -2.43. The summed E-state index contributed by atoms with van der Waals surface area (Å²) < 4.78 is 5.04. The zero-order valence-corrected chi connectivity index (χ0v) is 10.6. The Hall–Kier alpha value is -1.39. The number of esters is 1. The summed E-state index contributed by atoms with van der Waals surface area (Å²) in [5, 5.41) is 0. The second-order valence-electron chi connectivity index (χ2n) is 4.68. The standard InChI is InChI=1S/C12H19NO4/c1-8(2)6-7-17-12(16)9(3)13-10(14)4-5-11(13)15/h8-9H,4-7H2,1-3H3/t9-/m1/s1. The second-order valence-corrected chi connectivity index (χ2v) is 4.68. The Labute approximate surface area is 101 Å². The van der Waals surface area contributed by atoms with Crippen LogP contribution in [0.4, 0.5) is 0 Å². The number of hydrogen-bond donors (Lipinski definition) is 0. The van der Waals surface area contributed by atoms with E-state index >= 15 is 0 Å². The Bertz CT molecular complexity index is 308. The molecular weight excluding hydrogens is 222 g/mol. The first kappa shape index (κ1) is 13.7. The highest BCUT2D eigenvalue weighted by Crippen LogP contribution is 2.16. The van der Waals surface area contributed by atoms with Crippen molar-refractivity contribution in [1.29, 1.82) is 0 Å². The van der Waals surface area contributed by atoms with E-state index in [1.165, 1.54) is 6.92 Å². The maximum absolute atomic E-state index is 11.6. The van der Waals surface area contributed by atoms with Gasteiger partial charge in [-0.3, -0.25) is 14.5 Å². The summed E-state index contributed by atoms with van der Waals surface area (Å²) in [4.78, 5) is 35.5. The van der Waals surface area contributed by atoms with Gasteiger partial charge in [-0.1, -0.05) is 13.8 Å². The minimum atomic E-state index is -0.801. The lowest BCUT2D eigenvalue weighted by molar-refractivity contribution is -0.157. The molecule has 0 spiro atoms. The first-order valence-electron chi connectivity index (χ1n) is 5.95. The molecule has 0 N–H and O–H groups in total. The van der Waals surface area contributed by atoms with Crippen molar-refractivity contribution in [3.05, 3.63) is 0 Å². The summed E-state index contributed by atoms with van der Waals surface area (Å²) in [5.41, 5.74) is 0. The van der Waals surface area contributed by atoms with E-state index in [1.807, 2.05) is 13.8 Å². The number of ether oxygens (including phenoxy) is 1. The van der Waals surface area contributed by atoms with Crippen LogP contribution in [0.3, 0.4) is 0 Å². The summed E-state index contributed by atoms with van der Waals surface area (Å²) >= 11 is 0. The van der Waals surface area contributed by atoms with Crippen molar-refractivity contribution in [3.63, 3.8) is 0 Å². The predicted octanol–water partition coefficient (Wildman–Crippen LogP) is 1.11. The molecule has 5 nitrogen and oxygen atoms in total. The Morgan fingerprint density at radius 2 is 1.76 bits per heavy atom. The smallest absolute Gasteiger partial charge is 0.329 e. The molecule has 0 radical (unpaired) electrons. The van der Waals surface area contributed by atoms with Crippen molar-refractivity contribution in [2.75, 3.05) is 6.61 Å². The Kier molecular flexibility index (Phi) is 4.66. The maximum atomic E-state index is 11.6. The zero-order chi connectivity index (χ0) is 13.0. The molecule has 0 aromatic heterocycles. The van der Waals surface area contributed by atoms with Crippen LogP contribution in [-0.2, 0) is 19.1 Å². The van der Waals surface area contributed by atoms with E-state index in [4.69, 9.17) is 4.74 Å². The molecule has 1 saturated heterocycles. The highest BCUT2D eigenvalue weighted by molar-refractivity contribution is 6.04. The first-order valence-corrected chi connectivity index (χ1v) is 5.95. The van der Waals surface area contributed by atoms with Crippen molar-refractivity contribution in [2.24, 2.45) is 5.92 Å². The zero-order valence-electron chi connectivity index (χ0n) is 10.6. The van der Waals surface area contributed by atoms with Crippen molar-refractivity contribution in [3.8, 4) is 0 Å². The molecule has 0 bridgehead atoms. The monoisotopic (exact) mass is 241 g/mol. The minimum absolute atomic E-state index is 0.197. The van der Waals surface area contributed by atoms with E-state index in [2.05, 4.69) is 0 Å². The molecule has 0 aromatic rings. The maximum Gasteiger partial charge on any atom is 0.329 e. The lowest BCUT2D eigenvalue weighted by Gasteiger charge is -2.20. The number of rotatable bonds is 5. The van der Waals surface area contributed by atoms with Gasteiger partial charge in [-0.15, -0.1) is 0 Å². The average Bonchev–Trinajstić information content (AvgIpc) is 2.57. The van der Waals surface area contributed by atoms with Crippen LogP contribution in [0.25, 0.3) is 0 Å². The van der Waals surface area contributed by atoms with Crippen LogP contribution in [0.2, 0.25) is 0 Å². The van der Waals surface area contributed by atoms with E-state index in [9.17, 15) is 14.4 Å². The third kappa shape index (κ3) is 3.54. The normalized spacial score (nSPS) is 17.8. The van der Waals surface area contributed by atoms with Crippen molar-refractivity contribution < 1.29 is 19.1 Å². The molecule has 0 unspecified atom stereocenters. The van der Waals surface area contributed by atoms with E-state index in [1.54, 1.807) is 0 Å². The topological polar surface area (TPSA) is 63.7 Å². The van der Waals surface area contributed by atoms with E-state index in [0.717, 1.165) is 11.3 Å². The largest absolute Gasteiger partial charge is 0.464 e. The van der Waals surface area contributed by atoms with Gasteiger partial charge >= 0.3 is 5.97 Å². The van der Waals surface area contributed by atoms with Crippen LogP contribution in [-0.4, -0.2) is 35.3 Å². The lowest BCUT2D eigenvalue weighted by atomic mass is 10.1. The number of amides is 2. The second kappa shape index (κ2) is 5.80. The molecule has 0 aliphatic carbocycles. The molecule has 1 heterocycles. The van der Waals surface area contributed by atoms with Gasteiger partial charge in [0.2, 0.25) is 11.8 Å². The van der Waals surface area contributed by atoms with E-state index in [-0.39, 0.29) is 24.7 Å². The van der Waals surface area contributed by atoms with Gasteiger partial charge in [-0.25, -0.2) is 4.79 Å². The van der Waals surface area contributed by atoms with Gasteiger partial charge in [0.05, 0.1) is 6.61 Å². The van der Waals surface area contributed by atoms with Crippen LogP contribution >= 0.6 is 0 Å². The molecule has 1 fully saturated rings. The molecule has 0 saturated carbocycles. The third-order valence-corrected chi connectivity index (χ3v) is 2.76. The molecule has 1 atom stereocenters. The number of nitrogens with zero attached hydrogens (tertiary/aromatic N) is 1. The Balaban J connectivity index is 2.46. The van der Waals surface area contributed by atoms with Crippen molar-refractivity contribution in [1.82, 2.24) is 4.90 Å². The van der Waals surface area contributed by atoms with Gasteiger partial charge in [0, 0.05) is 12.8 Å². The van der Waals surface area contributed by atoms with Crippen LogP contribution in [0.15, 0.2) is 0 Å². The van der Waals surface area contributed by atoms with Crippen LogP contribution < -0.4 is 0 Å². The van der Waals surface area contributed by atoms with Gasteiger partial charge in [-0.05, 0) is 19.3 Å². The Morgan fingerprint density at radius 1 is 1.24 bits per heavy atom. The predicted molar refractivity (Wildman–Crippen MR) is 61.0 cm³/mol. The van der Waals surface area contributed by atoms with Gasteiger partial charge in [0.25, 0.3) is 0 Å². The molecule has 1 aliphatic rings. The molecular formula is C12H19NO4. The molecule has 1 aliphatic heterocycles. The summed E-state index contributed by atoms with van der Waals surface area (Å²) in [7, 11) is 0. The van der Waals surface area contributed by atoms with Gasteiger partial charge in [0.15, 0.2) is 0 Å². The first-order chi connectivity index (χ1) is 7.93. The molecule has 0 aromatic carbocycles. The number of carbonyl (C=O) groups is 3. The van der Waals surface area contributed by atoms with E-state index in [0.29, 0.717) is 12.5 Å². The number of likely N-dealkylation sites (tertiary alicyclic amines) is 1. The number of imide groups is 1. The highest BCUT2D eigenvalue weighted by atomic mass is 16.5. The highest BCUT2D eigenvalue weighted by Gasteiger charge is 2.36. The molecule has 5 heteroatoms. The summed E-state index contributed by atoms with van der Waals surface area (Å²) in [6.45, 7) is 5.92. The fraction of sp³-hybridized carbons (Fsp3) is 0.750. The average molecular weight is 241 g/mol. The van der Waals surface area contributed by atoms with Gasteiger partial charge in [-0.2, -0.15) is 0 Å². The quantitative estimate of drug-likeness (QED) is 0.534. The van der Waals surface area contributed by atoms with Crippen LogP contribution in [0.1, 0.15) is 40.0 Å². The van der Waals surface area contributed by atoms with Crippen molar-refractivity contribution in [2.45, 2.75) is 46.1 Å². The van der Waals surface area contributed by atoms with E-state index < -0.39 is 12.0 Å². The SMILES string of the molecule is CC(C)CCOC(=O)[C@@H](C)N1C(=O)CCC1=O. The summed E-state index contributed by atoms with van der Waals surface area (Å²) in [6.07, 6.45) is 1.17. The van der Waals surface area contributed by atoms with Crippen LogP contribution in [0.5, 0.6) is 0 Å². The minimum Gasteiger partial charge on any atom is -0.464 e. The number of carbonyl (C=O) groups excluding carboxylic acids is 3. The molecule has 17 heavy (non-hydrogen) atoms. The van der Waals surface area contributed by atoms with Gasteiger partial charge < -0.3 is 4.74 Å². The van der Waals surface area contributed by atoms with Crippen LogP contribution in [0, 0.1) is 5.92 Å². The van der Waals surface area contributed by atoms with Crippen molar-refractivity contribution >= 4 is 17.8 Å². The molecule has 1 rings (SSSR count). The van der Waals surface area contributed by atoms with Gasteiger partial charge in [0.1, 0.15) is 6.04 Å². The Morgan fingerprint density at radius 3 is 2.24 bits per heavy atom. The third-order valence-electron chi connectivity index (χ3n) is 2.76. The summed E-state index contributed by atoms with van der Waals surface area (Å²) in [6, 6.07) is -0.801. The summed E-state index contributed by atoms with van der Waals surface area (Å²) in [5.74, 6) is -0.631. The molecule has 96 valence electrons. The fourth-order valence-electron chi connectivity index (χ4n) is 1.65. The molecule has 2 amide bonds. The fourth-order valence-corrected chi connectivity index (χ4v) is 1.65.